The summed E-state index contributed by atoms with van der Waals surface area (Å²) in [6.07, 6.45) is -5.92. The summed E-state index contributed by atoms with van der Waals surface area (Å²) in [4.78, 5) is 24.9. The molecule has 16 heteroatoms. The molecule has 1 saturated carbocycles. The summed E-state index contributed by atoms with van der Waals surface area (Å²) in [5.41, 5.74) is -1.97. The van der Waals surface area contributed by atoms with Crippen LogP contribution in [0.5, 0.6) is 5.75 Å². The number of ether oxygens (including phenoxy) is 1. The molecule has 198 valence electrons. The smallest absolute Gasteiger partial charge is 0.416 e. The number of halogens is 8. The third kappa shape index (κ3) is 6.17. The van der Waals surface area contributed by atoms with Crippen LogP contribution < -0.4 is 10.1 Å². The Morgan fingerprint density at radius 3 is 2.46 bits per heavy atom. The normalized spacial score (nSPS) is 17.5. The lowest BCUT2D eigenvalue weighted by atomic mass is 10.0. The second-order valence-electron chi connectivity index (χ2n) is 8.13. The van der Waals surface area contributed by atoms with E-state index in [1.165, 1.54) is 6.92 Å². The maximum absolute atomic E-state index is 13.5. The van der Waals surface area contributed by atoms with Crippen LogP contribution in [0, 0.1) is 0 Å². The van der Waals surface area contributed by atoms with Gasteiger partial charge < -0.3 is 10.1 Å². The highest BCUT2D eigenvalue weighted by molar-refractivity contribution is 9.10. The molecular formula is C21H16BrF7N6O2. The molecule has 3 aromatic rings. The summed E-state index contributed by atoms with van der Waals surface area (Å²) in [6, 6.07) is 1.23. The van der Waals surface area contributed by atoms with Gasteiger partial charge >= 0.3 is 6.18 Å². The van der Waals surface area contributed by atoms with Crippen molar-refractivity contribution in [3.05, 3.63) is 57.8 Å². The first kappa shape index (κ1) is 26.8. The summed E-state index contributed by atoms with van der Waals surface area (Å²) in [5.74, 6) is -5.55. The molecule has 0 aliphatic heterocycles. The van der Waals surface area contributed by atoms with E-state index in [2.05, 4.69) is 41.3 Å². The Morgan fingerprint density at radius 2 is 1.89 bits per heavy atom. The molecule has 1 fully saturated rings. The summed E-state index contributed by atoms with van der Waals surface area (Å²) in [5, 5.41) is 6.51. The third-order valence-corrected chi connectivity index (χ3v) is 5.63. The Balaban J connectivity index is 1.56. The van der Waals surface area contributed by atoms with Gasteiger partial charge in [-0.15, -0.1) is 5.10 Å². The van der Waals surface area contributed by atoms with Crippen LogP contribution in [0.2, 0.25) is 0 Å². The molecule has 1 N–H and O–H groups in total. The Bertz CT molecular complexity index is 1300. The van der Waals surface area contributed by atoms with E-state index in [-0.39, 0.29) is 27.8 Å². The minimum atomic E-state index is -4.85. The Hall–Kier alpha value is -3.30. The Labute approximate surface area is 212 Å². The molecule has 37 heavy (non-hydrogen) atoms. The molecule has 8 nitrogen and oxygen atoms in total. The van der Waals surface area contributed by atoms with E-state index in [1.807, 2.05) is 0 Å². The van der Waals surface area contributed by atoms with Gasteiger partial charge in [0.05, 0.1) is 29.9 Å². The summed E-state index contributed by atoms with van der Waals surface area (Å²) in [7, 11) is 0. The maximum Gasteiger partial charge on any atom is 0.416 e. The molecule has 0 bridgehead atoms. The van der Waals surface area contributed by atoms with Crippen molar-refractivity contribution in [3.8, 4) is 11.7 Å². The number of nitrogens with zero attached hydrogens (tertiary/aromatic N) is 5. The molecule has 0 radical (unpaired) electrons. The van der Waals surface area contributed by atoms with Crippen LogP contribution in [0.15, 0.2) is 35.3 Å². The molecule has 2 aromatic heterocycles. The minimum Gasteiger partial charge on any atom is -0.484 e. The fourth-order valence-corrected chi connectivity index (χ4v) is 3.79. The van der Waals surface area contributed by atoms with Crippen molar-refractivity contribution in [2.24, 2.45) is 0 Å². The van der Waals surface area contributed by atoms with Gasteiger partial charge in [0.1, 0.15) is 6.61 Å². The van der Waals surface area contributed by atoms with Crippen LogP contribution in [0.1, 0.15) is 52.6 Å². The number of rotatable bonds is 8. The van der Waals surface area contributed by atoms with Crippen molar-refractivity contribution in [2.45, 2.75) is 43.8 Å². The molecule has 0 saturated heterocycles. The third-order valence-electron chi connectivity index (χ3n) is 5.29. The molecule has 1 amide bonds. The average Bonchev–Trinajstić information content (AvgIpc) is 3.28. The first-order valence-electron chi connectivity index (χ1n) is 10.5. The van der Waals surface area contributed by atoms with Crippen molar-refractivity contribution < 1.29 is 40.3 Å². The van der Waals surface area contributed by atoms with Gasteiger partial charge in [-0.3, -0.25) is 4.79 Å². The van der Waals surface area contributed by atoms with E-state index in [4.69, 9.17) is 4.74 Å². The van der Waals surface area contributed by atoms with E-state index in [0.717, 1.165) is 23.1 Å². The molecule has 2 unspecified atom stereocenters. The average molecular weight is 597 g/mol. The Kier molecular flexibility index (Phi) is 7.14. The summed E-state index contributed by atoms with van der Waals surface area (Å²) >= 11 is 3.07. The van der Waals surface area contributed by atoms with Crippen molar-refractivity contribution in [1.82, 2.24) is 30.0 Å². The van der Waals surface area contributed by atoms with Gasteiger partial charge in [-0.1, -0.05) is 0 Å². The SMILES string of the molecule is CC(NC(=O)c1cc(C2CC2(F)F)cc(C(F)(F)F)c1)c1nc(Br)nn1-c1ncc(OCC(F)F)cn1. The first-order valence-corrected chi connectivity index (χ1v) is 11.3. The predicted molar refractivity (Wildman–Crippen MR) is 116 cm³/mol. The lowest BCUT2D eigenvalue weighted by molar-refractivity contribution is -0.137. The van der Waals surface area contributed by atoms with Crippen molar-refractivity contribution in [1.29, 1.82) is 0 Å². The number of benzene rings is 1. The molecule has 2 heterocycles. The van der Waals surface area contributed by atoms with Gasteiger partial charge in [0.15, 0.2) is 11.6 Å². The number of hydrogen-bond acceptors (Lipinski definition) is 6. The minimum absolute atomic E-state index is 0.0345. The highest BCUT2D eigenvalue weighted by atomic mass is 79.9. The molecular weight excluding hydrogens is 581 g/mol. The number of carbonyl (C=O) groups is 1. The lowest BCUT2D eigenvalue weighted by Gasteiger charge is -2.16. The van der Waals surface area contributed by atoms with Crippen LogP contribution in [-0.4, -0.2) is 49.6 Å². The first-order chi connectivity index (χ1) is 17.2. The number of nitrogens with one attached hydrogen (secondary N) is 1. The van der Waals surface area contributed by atoms with Gasteiger partial charge in [0, 0.05) is 12.0 Å². The van der Waals surface area contributed by atoms with E-state index in [9.17, 15) is 35.5 Å². The van der Waals surface area contributed by atoms with Crippen LogP contribution in [0.3, 0.4) is 0 Å². The van der Waals surface area contributed by atoms with E-state index >= 15 is 0 Å². The van der Waals surface area contributed by atoms with Crippen molar-refractivity contribution >= 4 is 21.8 Å². The zero-order chi connectivity index (χ0) is 27.1. The van der Waals surface area contributed by atoms with Gasteiger partial charge in [-0.2, -0.15) is 17.9 Å². The molecule has 4 rings (SSSR count). The topological polar surface area (TPSA) is 94.8 Å². The summed E-state index contributed by atoms with van der Waals surface area (Å²) < 4.78 is 97.7. The largest absolute Gasteiger partial charge is 0.484 e. The van der Waals surface area contributed by atoms with Crippen LogP contribution in [0.4, 0.5) is 30.7 Å². The standard InChI is InChI=1S/C21H16BrF7N6O2/c1-9(16-33-18(22)34-35(16)19-30-6-13(7-31-19)37-8-15(23)24)32-17(36)11-2-10(14-5-20(14,25)26)3-12(4-11)21(27,28)29/h2-4,6-7,9,14-15H,5,8H2,1H3,(H,32,36). The number of carbonyl (C=O) groups excluding carboxylic acids is 1. The number of amides is 1. The fraction of sp³-hybridized carbons (Fsp3) is 0.381. The van der Waals surface area contributed by atoms with Gasteiger partial charge in [-0.25, -0.2) is 32.5 Å². The molecule has 0 spiro atoms. The van der Waals surface area contributed by atoms with Gasteiger partial charge in [-0.05, 0) is 46.6 Å². The number of hydrogen-bond donors (Lipinski definition) is 1. The zero-order valence-electron chi connectivity index (χ0n) is 18.6. The monoisotopic (exact) mass is 596 g/mol. The van der Waals surface area contributed by atoms with Crippen LogP contribution >= 0.6 is 15.9 Å². The summed E-state index contributed by atoms with van der Waals surface area (Å²) in [6.45, 7) is 0.593. The van der Waals surface area contributed by atoms with Gasteiger partial charge in [0.25, 0.3) is 24.2 Å². The van der Waals surface area contributed by atoms with Crippen molar-refractivity contribution in [2.75, 3.05) is 6.61 Å². The second-order valence-corrected chi connectivity index (χ2v) is 8.84. The van der Waals surface area contributed by atoms with E-state index < -0.39 is 60.5 Å². The fourth-order valence-electron chi connectivity index (χ4n) is 3.44. The molecule has 1 aliphatic carbocycles. The van der Waals surface area contributed by atoms with Crippen molar-refractivity contribution in [3.63, 3.8) is 0 Å². The van der Waals surface area contributed by atoms with E-state index in [0.29, 0.717) is 12.1 Å². The maximum atomic E-state index is 13.5. The number of alkyl halides is 7. The Morgan fingerprint density at radius 1 is 1.24 bits per heavy atom. The highest BCUT2D eigenvalue weighted by Crippen LogP contribution is 2.56. The lowest BCUT2D eigenvalue weighted by Crippen LogP contribution is -2.29. The second kappa shape index (κ2) is 9.87. The van der Waals surface area contributed by atoms with Crippen LogP contribution in [-0.2, 0) is 6.18 Å². The molecule has 1 aromatic carbocycles. The van der Waals surface area contributed by atoms with Crippen LogP contribution in [0.25, 0.3) is 5.95 Å². The predicted octanol–water partition coefficient (Wildman–Crippen LogP) is 5.10. The highest BCUT2D eigenvalue weighted by Gasteiger charge is 2.58. The molecule has 1 aliphatic rings. The van der Waals surface area contributed by atoms with E-state index in [1.54, 1.807) is 0 Å². The quantitative estimate of drug-likeness (QED) is 0.364. The zero-order valence-corrected chi connectivity index (χ0v) is 20.2. The number of aromatic nitrogens is 5. The van der Waals surface area contributed by atoms with Gasteiger partial charge in [0.2, 0.25) is 4.73 Å². The molecule has 2 atom stereocenters.